The van der Waals surface area contributed by atoms with E-state index in [0.717, 1.165) is 6.42 Å². The van der Waals surface area contributed by atoms with Crippen LogP contribution in [0.15, 0.2) is 0 Å². The Hall–Kier alpha value is -0.720. The first-order valence-corrected chi connectivity index (χ1v) is 4.45. The van der Waals surface area contributed by atoms with Crippen LogP contribution < -0.4 is 0 Å². The van der Waals surface area contributed by atoms with Crippen molar-refractivity contribution < 1.29 is 13.2 Å². The number of rotatable bonds is 1. The quantitative estimate of drug-likeness (QED) is 0.560. The summed E-state index contributed by atoms with van der Waals surface area (Å²) >= 11 is 0. The van der Waals surface area contributed by atoms with Crippen molar-refractivity contribution in [2.75, 3.05) is 6.54 Å². The Labute approximate surface area is 75.8 Å². The second kappa shape index (κ2) is 3.99. The van der Waals surface area contributed by atoms with Crippen molar-refractivity contribution in [2.45, 2.75) is 31.9 Å². The van der Waals surface area contributed by atoms with Gasteiger partial charge in [0.15, 0.2) is 0 Å². The lowest BCUT2D eigenvalue weighted by Crippen LogP contribution is -2.34. The predicted molar refractivity (Wildman–Crippen MR) is 43.0 cm³/mol. The van der Waals surface area contributed by atoms with Crippen molar-refractivity contribution in [1.29, 1.82) is 0 Å². The highest BCUT2D eigenvalue weighted by Crippen LogP contribution is 2.41. The molecule has 1 nitrogen and oxygen atoms in total. The molecule has 0 saturated heterocycles. The summed E-state index contributed by atoms with van der Waals surface area (Å²) in [5.74, 6) is -1.68. The second-order valence-electron chi connectivity index (χ2n) is 3.53. The molecule has 0 heterocycles. The van der Waals surface area contributed by atoms with E-state index in [4.69, 9.17) is 6.57 Å². The lowest BCUT2D eigenvalue weighted by atomic mass is 9.79. The lowest BCUT2D eigenvalue weighted by molar-refractivity contribution is -0.194. The first kappa shape index (κ1) is 10.4. The molecule has 1 saturated carbocycles. The zero-order valence-electron chi connectivity index (χ0n) is 7.27. The summed E-state index contributed by atoms with van der Waals surface area (Å²) in [6.45, 7) is 6.62. The van der Waals surface area contributed by atoms with Crippen LogP contribution in [0.25, 0.3) is 4.85 Å². The topological polar surface area (TPSA) is 4.36 Å². The Balaban J connectivity index is 2.63. The molecule has 1 aliphatic carbocycles. The van der Waals surface area contributed by atoms with Gasteiger partial charge in [-0.2, -0.15) is 13.2 Å². The van der Waals surface area contributed by atoms with Gasteiger partial charge in [-0.1, -0.05) is 12.8 Å². The zero-order chi connectivity index (χ0) is 9.90. The van der Waals surface area contributed by atoms with Crippen molar-refractivity contribution in [1.82, 2.24) is 0 Å². The van der Waals surface area contributed by atoms with E-state index in [0.29, 0.717) is 12.8 Å². The highest BCUT2D eigenvalue weighted by atomic mass is 19.4. The number of halogens is 3. The number of hydrogen-bond acceptors (Lipinski definition) is 0. The van der Waals surface area contributed by atoms with Gasteiger partial charge in [-0.3, -0.25) is 0 Å². The molecule has 2 atom stereocenters. The van der Waals surface area contributed by atoms with E-state index in [9.17, 15) is 13.2 Å². The molecule has 0 aromatic rings. The van der Waals surface area contributed by atoms with E-state index < -0.39 is 18.0 Å². The van der Waals surface area contributed by atoms with Crippen molar-refractivity contribution in [3.05, 3.63) is 11.4 Å². The van der Waals surface area contributed by atoms with Gasteiger partial charge < -0.3 is 4.85 Å². The van der Waals surface area contributed by atoms with Gasteiger partial charge in [-0.05, 0) is 12.8 Å². The van der Waals surface area contributed by atoms with Gasteiger partial charge in [0, 0.05) is 5.92 Å². The molecule has 0 spiro atoms. The van der Waals surface area contributed by atoms with Crippen LogP contribution in [-0.2, 0) is 0 Å². The van der Waals surface area contributed by atoms with Gasteiger partial charge in [-0.15, -0.1) is 0 Å². The summed E-state index contributed by atoms with van der Waals surface area (Å²) in [4.78, 5) is 3.07. The molecule has 1 rings (SSSR count). The standard InChI is InChI=1S/C9H12F3N/c1-13-6-7-4-2-3-5-8(7)9(10,11)12/h7-8H,2-6H2. The first-order valence-electron chi connectivity index (χ1n) is 4.45. The fraction of sp³-hybridized carbons (Fsp3) is 0.889. The fourth-order valence-corrected chi connectivity index (χ4v) is 1.97. The average molecular weight is 191 g/mol. The van der Waals surface area contributed by atoms with Crippen molar-refractivity contribution >= 4 is 0 Å². The van der Waals surface area contributed by atoms with E-state index in [2.05, 4.69) is 4.85 Å². The molecule has 1 aliphatic rings. The Morgan fingerprint density at radius 2 is 1.85 bits per heavy atom. The van der Waals surface area contributed by atoms with Gasteiger partial charge in [0.05, 0.1) is 5.92 Å². The fourth-order valence-electron chi connectivity index (χ4n) is 1.97. The van der Waals surface area contributed by atoms with Gasteiger partial charge in [0.25, 0.3) is 0 Å². The van der Waals surface area contributed by atoms with Crippen LogP contribution in [0.1, 0.15) is 25.7 Å². The smallest absolute Gasteiger partial charge is 0.317 e. The van der Waals surface area contributed by atoms with E-state index >= 15 is 0 Å². The molecule has 0 amide bonds. The molecule has 74 valence electrons. The van der Waals surface area contributed by atoms with Crippen LogP contribution in [0.2, 0.25) is 0 Å². The third kappa shape index (κ3) is 2.61. The summed E-state index contributed by atoms with van der Waals surface area (Å²) in [7, 11) is 0. The number of alkyl halides is 3. The largest absolute Gasteiger partial charge is 0.392 e. The molecule has 0 aliphatic heterocycles. The monoisotopic (exact) mass is 191 g/mol. The zero-order valence-corrected chi connectivity index (χ0v) is 7.27. The Kier molecular flexibility index (Phi) is 3.18. The van der Waals surface area contributed by atoms with Gasteiger partial charge in [0.1, 0.15) is 0 Å². The SMILES string of the molecule is [C-]#[N+]CC1CCCCC1C(F)(F)F. The second-order valence-corrected chi connectivity index (χ2v) is 3.53. The first-order chi connectivity index (χ1) is 6.05. The van der Waals surface area contributed by atoms with Crippen molar-refractivity contribution in [3.63, 3.8) is 0 Å². The van der Waals surface area contributed by atoms with Crippen LogP contribution in [0, 0.1) is 18.4 Å². The molecule has 0 aromatic carbocycles. The number of nitrogens with zero attached hydrogens (tertiary/aromatic N) is 1. The van der Waals surface area contributed by atoms with E-state index in [-0.39, 0.29) is 13.0 Å². The Morgan fingerprint density at radius 1 is 1.23 bits per heavy atom. The maximum absolute atomic E-state index is 12.4. The van der Waals surface area contributed by atoms with Crippen molar-refractivity contribution in [2.24, 2.45) is 11.8 Å². The van der Waals surface area contributed by atoms with Gasteiger partial charge in [0.2, 0.25) is 6.54 Å². The minimum Gasteiger partial charge on any atom is -0.317 e. The minimum absolute atomic E-state index is 0.0319. The normalized spacial score (nSPS) is 29.7. The molecule has 13 heavy (non-hydrogen) atoms. The van der Waals surface area contributed by atoms with Crippen LogP contribution in [-0.4, -0.2) is 12.7 Å². The molecule has 0 radical (unpaired) electrons. The van der Waals surface area contributed by atoms with Crippen LogP contribution in [0.4, 0.5) is 13.2 Å². The summed E-state index contributed by atoms with van der Waals surface area (Å²) in [6.07, 6.45) is -1.84. The van der Waals surface area contributed by atoms with Gasteiger partial charge in [-0.25, -0.2) is 6.57 Å². The number of hydrogen-bond donors (Lipinski definition) is 0. The Bertz CT molecular complexity index is 204. The summed E-state index contributed by atoms with van der Waals surface area (Å²) < 4.78 is 37.2. The maximum atomic E-state index is 12.4. The third-order valence-corrected chi connectivity index (χ3v) is 2.66. The van der Waals surface area contributed by atoms with E-state index in [1.807, 2.05) is 0 Å². The molecule has 1 fully saturated rings. The molecule has 0 bridgehead atoms. The summed E-state index contributed by atoms with van der Waals surface area (Å²) in [5.41, 5.74) is 0. The lowest BCUT2D eigenvalue weighted by Gasteiger charge is -2.29. The highest BCUT2D eigenvalue weighted by Gasteiger charge is 2.46. The summed E-state index contributed by atoms with van der Waals surface area (Å²) in [5, 5.41) is 0. The molecule has 4 heteroatoms. The van der Waals surface area contributed by atoms with Crippen LogP contribution in [0.5, 0.6) is 0 Å². The third-order valence-electron chi connectivity index (χ3n) is 2.66. The van der Waals surface area contributed by atoms with Crippen LogP contribution in [0.3, 0.4) is 0 Å². The Morgan fingerprint density at radius 3 is 2.38 bits per heavy atom. The highest BCUT2D eigenvalue weighted by molar-refractivity contribution is 4.84. The molecular formula is C9H12F3N. The molecule has 0 N–H and O–H groups in total. The average Bonchev–Trinajstić information content (AvgIpc) is 2.04. The predicted octanol–water partition coefficient (Wildman–Crippen LogP) is 3.27. The maximum Gasteiger partial charge on any atom is 0.392 e. The van der Waals surface area contributed by atoms with Crippen LogP contribution >= 0.6 is 0 Å². The summed E-state index contributed by atoms with van der Waals surface area (Å²) in [6, 6.07) is 0. The molecule has 2 unspecified atom stereocenters. The molecular weight excluding hydrogens is 179 g/mol. The van der Waals surface area contributed by atoms with E-state index in [1.165, 1.54) is 0 Å². The van der Waals surface area contributed by atoms with Gasteiger partial charge >= 0.3 is 6.18 Å². The van der Waals surface area contributed by atoms with E-state index in [1.54, 1.807) is 0 Å². The molecule has 0 aromatic heterocycles. The van der Waals surface area contributed by atoms with Crippen molar-refractivity contribution in [3.8, 4) is 0 Å². The minimum atomic E-state index is -4.10.